The molecule has 0 bridgehead atoms. The zero-order chi connectivity index (χ0) is 8.15. The zero-order valence-electron chi connectivity index (χ0n) is 6.12. The summed E-state index contributed by atoms with van der Waals surface area (Å²) in [6.45, 7) is 6.68. The maximum atomic E-state index is 12.7. The second-order valence-electron chi connectivity index (χ2n) is 1.97. The van der Waals surface area contributed by atoms with Gasteiger partial charge in [0.25, 0.3) is 0 Å². The first kappa shape index (κ1) is 9.44. The van der Waals surface area contributed by atoms with Crippen LogP contribution in [0.2, 0.25) is 0 Å². The smallest absolute Gasteiger partial charge is 0.127 e. The molecule has 0 aliphatic rings. The maximum absolute atomic E-state index is 12.7. The van der Waals surface area contributed by atoms with E-state index in [1.807, 2.05) is 0 Å². The van der Waals surface area contributed by atoms with Gasteiger partial charge in [-0.15, -0.1) is 0 Å². The third-order valence-electron chi connectivity index (χ3n) is 1.01. The average molecular weight is 161 g/mol. The van der Waals surface area contributed by atoms with E-state index in [0.717, 1.165) is 0 Å². The van der Waals surface area contributed by atoms with Crippen LogP contribution in [-0.2, 0) is 0 Å². The van der Waals surface area contributed by atoms with Gasteiger partial charge in [0.1, 0.15) is 5.83 Å². The number of rotatable bonds is 2. The molecule has 0 atom stereocenters. The van der Waals surface area contributed by atoms with Crippen molar-refractivity contribution in [2.45, 2.75) is 13.8 Å². The van der Waals surface area contributed by atoms with Gasteiger partial charge in [-0.1, -0.05) is 24.3 Å². The molecule has 0 unspecified atom stereocenters. The van der Waals surface area contributed by atoms with Gasteiger partial charge in [0.05, 0.1) is 0 Å². The fourth-order valence-corrected chi connectivity index (χ4v) is 0.482. The normalized spacial score (nSPS) is 14.6. The van der Waals surface area contributed by atoms with Crippen molar-refractivity contribution in [3.05, 3.63) is 35.2 Å². The van der Waals surface area contributed by atoms with Gasteiger partial charge in [0.15, 0.2) is 0 Å². The van der Waals surface area contributed by atoms with Crippen LogP contribution in [0.15, 0.2) is 35.2 Å². The molecule has 0 aliphatic carbocycles. The van der Waals surface area contributed by atoms with Crippen LogP contribution in [-0.4, -0.2) is 0 Å². The number of hydrogen-bond acceptors (Lipinski definition) is 0. The molecule has 0 rings (SSSR count). The summed E-state index contributed by atoms with van der Waals surface area (Å²) >= 11 is 5.43. The van der Waals surface area contributed by atoms with Gasteiger partial charge < -0.3 is 0 Å². The Labute approximate surface area is 65.7 Å². The van der Waals surface area contributed by atoms with Crippen LogP contribution in [0.4, 0.5) is 4.39 Å². The third kappa shape index (κ3) is 3.46. The van der Waals surface area contributed by atoms with Crippen LogP contribution in [0, 0.1) is 0 Å². The van der Waals surface area contributed by atoms with Crippen LogP contribution < -0.4 is 0 Å². The topological polar surface area (TPSA) is 0 Å². The summed E-state index contributed by atoms with van der Waals surface area (Å²) < 4.78 is 12.7. The predicted molar refractivity (Wildman–Crippen MR) is 43.6 cm³/mol. The molecule has 0 aromatic carbocycles. The Kier molecular flexibility index (Phi) is 4.05. The molecular formula is C8H10ClF. The molecule has 0 aromatic heterocycles. The van der Waals surface area contributed by atoms with Crippen LogP contribution in [0.25, 0.3) is 0 Å². The van der Waals surface area contributed by atoms with Gasteiger partial charge in [-0.05, 0) is 25.5 Å². The van der Waals surface area contributed by atoms with Crippen molar-refractivity contribution in [3.8, 4) is 0 Å². The van der Waals surface area contributed by atoms with Gasteiger partial charge in [-0.25, -0.2) is 4.39 Å². The molecule has 2 heteroatoms. The van der Waals surface area contributed by atoms with Gasteiger partial charge in [-0.3, -0.25) is 0 Å². The second-order valence-corrected chi connectivity index (χ2v) is 2.56. The largest absolute Gasteiger partial charge is 0.207 e. The highest BCUT2D eigenvalue weighted by atomic mass is 35.5. The van der Waals surface area contributed by atoms with Gasteiger partial charge in [-0.2, -0.15) is 0 Å². The van der Waals surface area contributed by atoms with Crippen LogP contribution in [0.1, 0.15) is 13.8 Å². The van der Waals surface area contributed by atoms with E-state index < -0.39 is 0 Å². The minimum absolute atomic E-state index is 0.331. The molecule has 0 N–H and O–H groups in total. The number of allylic oxidation sites excluding steroid dienone is 5. The molecule has 0 nitrogen and oxygen atoms in total. The fraction of sp³-hybridized carbons (Fsp3) is 0.250. The lowest BCUT2D eigenvalue weighted by atomic mass is 10.2. The van der Waals surface area contributed by atoms with Crippen molar-refractivity contribution >= 4 is 11.6 Å². The Bertz CT molecular complexity index is 185. The van der Waals surface area contributed by atoms with Crippen molar-refractivity contribution in [2.24, 2.45) is 0 Å². The monoisotopic (exact) mass is 160 g/mol. The Balaban J connectivity index is 4.48. The lowest BCUT2D eigenvalue weighted by Crippen LogP contribution is -1.73. The van der Waals surface area contributed by atoms with E-state index in [-0.39, 0.29) is 5.83 Å². The summed E-state index contributed by atoms with van der Waals surface area (Å²) in [5.41, 5.74) is 0.500. The molecule has 0 spiro atoms. The van der Waals surface area contributed by atoms with Gasteiger partial charge >= 0.3 is 0 Å². The molecule has 0 saturated carbocycles. The molecular weight excluding hydrogens is 151 g/mol. The first-order valence-electron chi connectivity index (χ1n) is 2.90. The van der Waals surface area contributed by atoms with E-state index in [0.29, 0.717) is 10.6 Å². The van der Waals surface area contributed by atoms with E-state index in [1.54, 1.807) is 13.8 Å². The predicted octanol–water partition coefficient (Wildman–Crippen LogP) is 3.56. The fourth-order valence-electron chi connectivity index (χ4n) is 0.386. The van der Waals surface area contributed by atoms with Crippen molar-refractivity contribution < 1.29 is 4.39 Å². The Morgan fingerprint density at radius 3 is 2.30 bits per heavy atom. The molecule has 56 valence electrons. The van der Waals surface area contributed by atoms with E-state index in [9.17, 15) is 4.39 Å². The van der Waals surface area contributed by atoms with Crippen molar-refractivity contribution in [1.29, 1.82) is 0 Å². The molecule has 0 radical (unpaired) electrons. The van der Waals surface area contributed by atoms with Crippen LogP contribution in [0.5, 0.6) is 0 Å². The first-order chi connectivity index (χ1) is 4.57. The quantitative estimate of drug-likeness (QED) is 0.542. The van der Waals surface area contributed by atoms with E-state index in [1.165, 1.54) is 12.2 Å². The molecule has 0 aromatic rings. The summed E-state index contributed by atoms with van der Waals surface area (Å²) in [4.78, 5) is 0. The van der Waals surface area contributed by atoms with Gasteiger partial charge in [0.2, 0.25) is 0 Å². The van der Waals surface area contributed by atoms with E-state index >= 15 is 0 Å². The standard InChI is InChI=1S/C8H10ClF/c1-4-6(2)8(10)5-7(3)9/h4-5H,1H2,2-3H3. The first-order valence-corrected chi connectivity index (χ1v) is 3.28. The SMILES string of the molecule is C=CC(C)=C(F)C=C(C)Cl. The Morgan fingerprint density at radius 1 is 1.50 bits per heavy atom. The third-order valence-corrected chi connectivity index (χ3v) is 1.12. The maximum Gasteiger partial charge on any atom is 0.127 e. The average Bonchev–Trinajstić information content (AvgIpc) is 1.85. The zero-order valence-corrected chi connectivity index (χ0v) is 6.87. The molecule has 0 saturated heterocycles. The van der Waals surface area contributed by atoms with Crippen molar-refractivity contribution in [2.75, 3.05) is 0 Å². The highest BCUT2D eigenvalue weighted by Gasteiger charge is 1.92. The lowest BCUT2D eigenvalue weighted by Gasteiger charge is -1.91. The summed E-state index contributed by atoms with van der Waals surface area (Å²) in [6.07, 6.45) is 2.71. The number of halogens is 2. The summed E-state index contributed by atoms with van der Waals surface area (Å²) in [5.74, 6) is -0.331. The molecule has 0 fully saturated rings. The highest BCUT2D eigenvalue weighted by molar-refractivity contribution is 6.29. The Morgan fingerprint density at radius 2 is 2.00 bits per heavy atom. The number of hydrogen-bond donors (Lipinski definition) is 0. The second kappa shape index (κ2) is 4.29. The van der Waals surface area contributed by atoms with Gasteiger partial charge in [0, 0.05) is 5.03 Å². The summed E-state index contributed by atoms with van der Waals surface area (Å²) in [5, 5.41) is 0.429. The van der Waals surface area contributed by atoms with E-state index in [2.05, 4.69) is 6.58 Å². The Hall–Kier alpha value is -0.560. The van der Waals surface area contributed by atoms with Crippen LogP contribution >= 0.6 is 11.6 Å². The molecule has 0 aliphatic heterocycles. The molecule has 0 amide bonds. The van der Waals surface area contributed by atoms with Crippen molar-refractivity contribution in [1.82, 2.24) is 0 Å². The molecule has 0 heterocycles. The lowest BCUT2D eigenvalue weighted by molar-refractivity contribution is 0.657. The highest BCUT2D eigenvalue weighted by Crippen LogP contribution is 2.12. The van der Waals surface area contributed by atoms with E-state index in [4.69, 9.17) is 11.6 Å². The minimum atomic E-state index is -0.331. The summed E-state index contributed by atoms with van der Waals surface area (Å²) in [6, 6.07) is 0. The molecule has 10 heavy (non-hydrogen) atoms. The van der Waals surface area contributed by atoms with Crippen molar-refractivity contribution in [3.63, 3.8) is 0 Å². The minimum Gasteiger partial charge on any atom is -0.207 e. The van der Waals surface area contributed by atoms with Crippen LogP contribution in [0.3, 0.4) is 0 Å². The summed E-state index contributed by atoms with van der Waals surface area (Å²) in [7, 11) is 0.